The monoisotopic (exact) mass is 516 g/mol. The van der Waals surface area contributed by atoms with E-state index in [2.05, 4.69) is 23.1 Å². The van der Waals surface area contributed by atoms with E-state index in [0.29, 0.717) is 25.7 Å². The number of anilines is 1. The normalized spacial score (nSPS) is 23.4. The number of piperidine rings is 1. The summed E-state index contributed by atoms with van der Waals surface area (Å²) in [6.07, 6.45) is 12.2. The summed E-state index contributed by atoms with van der Waals surface area (Å²) in [5.74, 6) is 0.0903. The van der Waals surface area contributed by atoms with E-state index in [1.807, 2.05) is 35.2 Å². The van der Waals surface area contributed by atoms with Crippen LogP contribution < -0.4 is 4.90 Å². The number of allylic oxidation sites excluding steroid dienone is 3. The molecule has 0 radical (unpaired) electrons. The van der Waals surface area contributed by atoms with Crippen LogP contribution >= 0.6 is 0 Å². The van der Waals surface area contributed by atoms with Gasteiger partial charge in [0.2, 0.25) is 5.91 Å². The SMILES string of the molecule is CC(=O)N1CCC(N2C(=O)N(C)Cc3cnc4ccc(C5=CCCC(N6CCOCC6)C=C5)nc4c32)CC1. The number of urea groups is 1. The summed E-state index contributed by atoms with van der Waals surface area (Å²) in [4.78, 5) is 43.4. The number of pyridine rings is 2. The molecule has 9 heteroatoms. The van der Waals surface area contributed by atoms with Gasteiger partial charge in [0.05, 0.1) is 36.7 Å². The zero-order valence-electron chi connectivity index (χ0n) is 22.3. The van der Waals surface area contributed by atoms with Gasteiger partial charge in [0.25, 0.3) is 0 Å². The molecule has 0 bridgehead atoms. The van der Waals surface area contributed by atoms with E-state index >= 15 is 0 Å². The van der Waals surface area contributed by atoms with Crippen molar-refractivity contribution in [3.05, 3.63) is 47.8 Å². The first kappa shape index (κ1) is 25.0. The van der Waals surface area contributed by atoms with Gasteiger partial charge in [-0.3, -0.25) is 19.6 Å². The molecule has 38 heavy (non-hydrogen) atoms. The number of likely N-dealkylation sites (tertiary alicyclic amines) is 1. The Balaban J connectivity index is 1.34. The predicted molar refractivity (Wildman–Crippen MR) is 147 cm³/mol. The van der Waals surface area contributed by atoms with Crippen LogP contribution in [-0.4, -0.2) is 95.1 Å². The molecule has 2 aromatic rings. The summed E-state index contributed by atoms with van der Waals surface area (Å²) < 4.78 is 5.54. The first-order valence-electron chi connectivity index (χ1n) is 13.8. The summed E-state index contributed by atoms with van der Waals surface area (Å²) in [6, 6.07) is 4.48. The number of morpholine rings is 1. The minimum Gasteiger partial charge on any atom is -0.379 e. The van der Waals surface area contributed by atoms with Crippen molar-refractivity contribution in [3.63, 3.8) is 0 Å². The van der Waals surface area contributed by atoms with Crippen LogP contribution in [-0.2, 0) is 16.1 Å². The second kappa shape index (κ2) is 10.5. The summed E-state index contributed by atoms with van der Waals surface area (Å²) in [5.41, 5.74) is 5.48. The second-order valence-corrected chi connectivity index (χ2v) is 10.8. The molecule has 0 aromatic carbocycles. The van der Waals surface area contributed by atoms with Crippen molar-refractivity contribution in [2.75, 3.05) is 51.3 Å². The first-order chi connectivity index (χ1) is 18.5. The van der Waals surface area contributed by atoms with Crippen LogP contribution in [0.25, 0.3) is 16.6 Å². The Kier molecular flexibility index (Phi) is 6.88. The summed E-state index contributed by atoms with van der Waals surface area (Å²) >= 11 is 0. The number of aromatic nitrogens is 2. The van der Waals surface area contributed by atoms with Gasteiger partial charge in [0, 0.05) is 64.0 Å². The van der Waals surface area contributed by atoms with E-state index in [1.165, 1.54) is 0 Å². The van der Waals surface area contributed by atoms with Crippen LogP contribution in [0.5, 0.6) is 0 Å². The summed E-state index contributed by atoms with van der Waals surface area (Å²) in [5, 5.41) is 0. The van der Waals surface area contributed by atoms with Crippen molar-refractivity contribution < 1.29 is 14.3 Å². The molecule has 5 heterocycles. The Morgan fingerprint density at radius 1 is 1.08 bits per heavy atom. The number of rotatable bonds is 3. The van der Waals surface area contributed by atoms with Crippen LogP contribution in [0.1, 0.15) is 43.9 Å². The van der Waals surface area contributed by atoms with Gasteiger partial charge in [-0.1, -0.05) is 18.2 Å². The highest BCUT2D eigenvalue weighted by atomic mass is 16.5. The lowest BCUT2D eigenvalue weighted by Crippen LogP contribution is -2.54. The van der Waals surface area contributed by atoms with Crippen molar-refractivity contribution in [2.45, 2.75) is 51.2 Å². The third-order valence-electron chi connectivity index (χ3n) is 8.35. The Hall–Kier alpha value is -3.30. The van der Waals surface area contributed by atoms with Gasteiger partial charge in [-0.05, 0) is 43.4 Å². The zero-order chi connectivity index (χ0) is 26.2. The molecular weight excluding hydrogens is 480 g/mol. The highest BCUT2D eigenvalue weighted by Gasteiger charge is 2.37. The molecule has 6 rings (SSSR count). The quantitative estimate of drug-likeness (QED) is 0.622. The van der Waals surface area contributed by atoms with Crippen LogP contribution in [0.3, 0.4) is 0 Å². The molecular formula is C29H36N6O3. The van der Waals surface area contributed by atoms with Crippen molar-refractivity contribution in [1.82, 2.24) is 24.7 Å². The molecule has 0 spiro atoms. The number of ether oxygens (including phenoxy) is 1. The molecule has 3 aliphatic heterocycles. The lowest BCUT2D eigenvalue weighted by Gasteiger charge is -2.43. The number of nitrogens with zero attached hydrogens (tertiary/aromatic N) is 6. The van der Waals surface area contributed by atoms with Gasteiger partial charge >= 0.3 is 6.03 Å². The molecule has 1 unspecified atom stereocenters. The minimum atomic E-state index is -0.0135. The van der Waals surface area contributed by atoms with E-state index in [4.69, 9.17) is 14.7 Å². The number of carbonyl (C=O) groups excluding carboxylic acids is 2. The van der Waals surface area contributed by atoms with E-state index in [0.717, 1.165) is 85.5 Å². The fourth-order valence-electron chi connectivity index (χ4n) is 6.21. The van der Waals surface area contributed by atoms with Crippen molar-refractivity contribution in [2.24, 2.45) is 0 Å². The number of carbonyl (C=O) groups is 2. The lowest BCUT2D eigenvalue weighted by atomic mass is 9.99. The molecule has 2 fully saturated rings. The highest BCUT2D eigenvalue weighted by Crippen LogP contribution is 2.37. The maximum Gasteiger partial charge on any atom is 0.324 e. The standard InChI is InChI=1S/C29H36N6O3/c1-20(36)33-12-10-24(11-13-33)35-28-22(19-32(2)29(35)37)18-30-26-9-8-25(31-27(26)28)21-4-3-5-23(7-6-21)34-14-16-38-17-15-34/h4,6-9,18,23-24H,3,5,10-17,19H2,1-2H3. The summed E-state index contributed by atoms with van der Waals surface area (Å²) in [7, 11) is 1.84. The molecule has 200 valence electrons. The van der Waals surface area contributed by atoms with Crippen molar-refractivity contribution >= 4 is 34.2 Å². The maximum absolute atomic E-state index is 13.6. The molecule has 0 N–H and O–H groups in total. The Labute approximate surface area is 223 Å². The van der Waals surface area contributed by atoms with E-state index in [9.17, 15) is 9.59 Å². The first-order valence-corrected chi connectivity index (χ1v) is 13.8. The third-order valence-corrected chi connectivity index (χ3v) is 8.35. The molecule has 9 nitrogen and oxygen atoms in total. The van der Waals surface area contributed by atoms with Gasteiger partial charge in [-0.15, -0.1) is 0 Å². The fourth-order valence-corrected chi connectivity index (χ4v) is 6.21. The van der Waals surface area contributed by atoms with Gasteiger partial charge in [0.15, 0.2) is 0 Å². The van der Waals surface area contributed by atoms with Crippen LogP contribution in [0.2, 0.25) is 0 Å². The highest BCUT2D eigenvalue weighted by molar-refractivity contribution is 6.04. The van der Waals surface area contributed by atoms with Gasteiger partial charge in [-0.25, -0.2) is 9.78 Å². The number of amides is 3. The number of hydrogen-bond acceptors (Lipinski definition) is 6. The van der Waals surface area contributed by atoms with E-state index in [1.54, 1.807) is 11.8 Å². The topological polar surface area (TPSA) is 82.1 Å². The van der Waals surface area contributed by atoms with Gasteiger partial charge < -0.3 is 14.5 Å². The number of fused-ring (bicyclic) bond motifs is 3. The summed E-state index contributed by atoms with van der Waals surface area (Å²) in [6.45, 7) is 6.98. The largest absolute Gasteiger partial charge is 0.379 e. The Morgan fingerprint density at radius 3 is 2.63 bits per heavy atom. The molecule has 2 saturated heterocycles. The van der Waals surface area contributed by atoms with Gasteiger partial charge in [0.1, 0.15) is 5.52 Å². The molecule has 1 atom stereocenters. The zero-order valence-corrected chi connectivity index (χ0v) is 22.3. The van der Waals surface area contributed by atoms with Gasteiger partial charge in [-0.2, -0.15) is 0 Å². The smallest absolute Gasteiger partial charge is 0.324 e. The lowest BCUT2D eigenvalue weighted by molar-refractivity contribution is -0.129. The van der Waals surface area contributed by atoms with Crippen LogP contribution in [0.4, 0.5) is 10.5 Å². The molecule has 0 saturated carbocycles. The average Bonchev–Trinajstić information content (AvgIpc) is 3.20. The molecule has 2 aromatic heterocycles. The minimum absolute atomic E-state index is 0.0135. The van der Waals surface area contributed by atoms with Crippen molar-refractivity contribution in [3.8, 4) is 0 Å². The fraction of sp³-hybridized carbons (Fsp3) is 0.517. The maximum atomic E-state index is 13.6. The third kappa shape index (κ3) is 4.69. The van der Waals surface area contributed by atoms with E-state index in [-0.39, 0.29) is 18.0 Å². The second-order valence-electron chi connectivity index (χ2n) is 10.8. The Morgan fingerprint density at radius 2 is 1.87 bits per heavy atom. The van der Waals surface area contributed by atoms with Crippen molar-refractivity contribution in [1.29, 1.82) is 0 Å². The predicted octanol–water partition coefficient (Wildman–Crippen LogP) is 3.45. The molecule has 4 aliphatic rings. The van der Waals surface area contributed by atoms with Crippen LogP contribution in [0, 0.1) is 0 Å². The van der Waals surface area contributed by atoms with Crippen LogP contribution in [0.15, 0.2) is 36.6 Å². The molecule has 1 aliphatic carbocycles. The molecule has 3 amide bonds. The van der Waals surface area contributed by atoms with E-state index < -0.39 is 0 Å². The average molecular weight is 517 g/mol. The number of hydrogen-bond donors (Lipinski definition) is 0. The Bertz CT molecular complexity index is 1290.